The molecular formula is C33H30F3N3O8S2. The van der Waals surface area contributed by atoms with Crippen LogP contribution in [-0.4, -0.2) is 63.2 Å². The molecule has 258 valence electrons. The molecule has 2 aliphatic heterocycles. The lowest BCUT2D eigenvalue weighted by Gasteiger charge is -2.43. The van der Waals surface area contributed by atoms with Crippen LogP contribution in [0.2, 0.25) is 0 Å². The number of carbonyl (C=O) groups is 4. The minimum Gasteiger partial charge on any atom is -0.490 e. The molecule has 3 aromatic rings. The first kappa shape index (κ1) is 33.2. The topological polar surface area (TPSA) is 155 Å². The molecule has 3 heterocycles. The van der Waals surface area contributed by atoms with Gasteiger partial charge in [-0.2, -0.15) is 13.2 Å². The van der Waals surface area contributed by atoms with Crippen molar-refractivity contribution in [2.75, 3.05) is 18.5 Å². The van der Waals surface area contributed by atoms with Gasteiger partial charge in [-0.25, -0.2) is 4.79 Å². The average Bonchev–Trinajstić information content (AvgIpc) is 3.78. The maximum Gasteiger partial charge on any atom is 0.418 e. The zero-order chi connectivity index (χ0) is 34.9. The highest BCUT2D eigenvalue weighted by Gasteiger charge is 2.70. The lowest BCUT2D eigenvalue weighted by Crippen LogP contribution is -2.44. The molecule has 8 atom stereocenters. The van der Waals surface area contributed by atoms with Gasteiger partial charge in [-0.15, -0.1) is 11.8 Å². The molecule has 7 rings (SSSR count). The predicted molar refractivity (Wildman–Crippen MR) is 171 cm³/mol. The number of carboxylic acids is 1. The Balaban J connectivity index is 1.18. The number of imide groups is 1. The highest BCUT2D eigenvalue weighted by atomic mass is 32.2. The highest BCUT2D eigenvalue weighted by Crippen LogP contribution is 2.68. The van der Waals surface area contributed by atoms with Crippen molar-refractivity contribution in [2.24, 2.45) is 29.6 Å². The lowest BCUT2D eigenvalue weighted by atomic mass is 9.68. The van der Waals surface area contributed by atoms with Gasteiger partial charge in [0.1, 0.15) is 6.04 Å². The van der Waals surface area contributed by atoms with Gasteiger partial charge in [-0.3, -0.25) is 24.1 Å². The molecule has 2 aromatic carbocycles. The van der Waals surface area contributed by atoms with Gasteiger partial charge in [0.15, 0.2) is 18.1 Å². The van der Waals surface area contributed by atoms with E-state index in [4.69, 9.17) is 9.47 Å². The normalized spacial score (nSPS) is 27.4. The Morgan fingerprint density at radius 3 is 2.47 bits per heavy atom. The van der Waals surface area contributed by atoms with Crippen LogP contribution >= 0.6 is 23.1 Å². The number of para-hydroxylation sites is 1. The van der Waals surface area contributed by atoms with Crippen molar-refractivity contribution in [3.05, 3.63) is 68.1 Å². The number of aromatic nitrogens is 1. The number of likely N-dealkylation sites (tertiary alicyclic amines) is 1. The van der Waals surface area contributed by atoms with E-state index in [2.05, 4.69) is 10.3 Å². The van der Waals surface area contributed by atoms with E-state index in [1.165, 1.54) is 30.8 Å². The van der Waals surface area contributed by atoms with E-state index in [-0.39, 0.29) is 51.9 Å². The summed E-state index contributed by atoms with van der Waals surface area (Å²) in [6, 6.07) is 8.44. The third-order valence-electron chi connectivity index (χ3n) is 9.99. The molecule has 0 radical (unpaired) electrons. The molecule has 1 aromatic heterocycles. The van der Waals surface area contributed by atoms with Gasteiger partial charge in [0.25, 0.3) is 5.91 Å². The summed E-state index contributed by atoms with van der Waals surface area (Å²) in [6.07, 6.45) is -4.05. The largest absolute Gasteiger partial charge is 0.490 e. The summed E-state index contributed by atoms with van der Waals surface area (Å²) in [5, 5.41) is 12.4. The number of thiazole rings is 1. The van der Waals surface area contributed by atoms with Gasteiger partial charge in [-0.1, -0.05) is 29.5 Å². The fourth-order valence-corrected chi connectivity index (χ4v) is 11.1. The number of carboxylic acid groups (broad SMARTS) is 1. The number of rotatable bonds is 9. The molecule has 1 saturated heterocycles. The Bertz CT molecular complexity index is 1930. The van der Waals surface area contributed by atoms with Crippen molar-refractivity contribution in [3.8, 4) is 11.5 Å². The molecule has 2 aliphatic carbocycles. The number of fused-ring (bicyclic) bond motifs is 9. The van der Waals surface area contributed by atoms with Crippen molar-refractivity contribution in [2.45, 2.75) is 48.7 Å². The van der Waals surface area contributed by atoms with E-state index in [0.29, 0.717) is 11.4 Å². The number of halogens is 3. The number of H-pyrrole nitrogens is 1. The van der Waals surface area contributed by atoms with Crippen LogP contribution in [0.5, 0.6) is 11.5 Å². The number of aromatic amines is 1. The van der Waals surface area contributed by atoms with Crippen LogP contribution in [0, 0.1) is 29.6 Å². The molecule has 3 N–H and O–H groups in total. The van der Waals surface area contributed by atoms with Gasteiger partial charge in [0, 0.05) is 16.0 Å². The van der Waals surface area contributed by atoms with Crippen LogP contribution in [0.4, 0.5) is 18.9 Å². The average molecular weight is 718 g/mol. The Hall–Kier alpha value is -4.31. The van der Waals surface area contributed by atoms with E-state index >= 15 is 0 Å². The Morgan fingerprint density at radius 2 is 1.78 bits per heavy atom. The third kappa shape index (κ3) is 5.48. The number of hydrogen-bond acceptors (Lipinski definition) is 9. The van der Waals surface area contributed by atoms with E-state index in [9.17, 15) is 42.3 Å². The smallest absolute Gasteiger partial charge is 0.418 e. The number of aliphatic carboxylic acids is 1. The number of hydrogen-bond donors (Lipinski definition) is 3. The number of anilines is 1. The second-order valence-electron chi connectivity index (χ2n) is 12.5. The Labute approximate surface area is 285 Å². The monoisotopic (exact) mass is 717 g/mol. The minimum atomic E-state index is -4.66. The van der Waals surface area contributed by atoms with Gasteiger partial charge >= 0.3 is 17.0 Å². The van der Waals surface area contributed by atoms with Gasteiger partial charge < -0.3 is 24.9 Å². The first-order valence-corrected chi connectivity index (χ1v) is 17.3. The number of nitrogens with zero attached hydrogens (tertiary/aromatic N) is 1. The summed E-state index contributed by atoms with van der Waals surface area (Å²) in [5.74, 6) is -4.77. The van der Waals surface area contributed by atoms with Crippen molar-refractivity contribution >= 4 is 52.5 Å². The minimum absolute atomic E-state index is 0.124. The zero-order valence-corrected chi connectivity index (χ0v) is 27.6. The molecule has 16 heteroatoms. The van der Waals surface area contributed by atoms with Crippen LogP contribution in [0.15, 0.2) is 52.3 Å². The predicted octanol–water partition coefficient (Wildman–Crippen LogP) is 4.82. The van der Waals surface area contributed by atoms with Crippen LogP contribution < -0.4 is 19.7 Å². The Morgan fingerprint density at radius 1 is 1.06 bits per heavy atom. The number of alkyl halides is 3. The first-order valence-electron chi connectivity index (χ1n) is 15.6. The number of thioether (sulfide) groups is 1. The zero-order valence-electron chi connectivity index (χ0n) is 26.0. The molecular weight excluding hydrogens is 688 g/mol. The second kappa shape index (κ2) is 12.2. The van der Waals surface area contributed by atoms with Crippen molar-refractivity contribution in [3.63, 3.8) is 0 Å². The van der Waals surface area contributed by atoms with Gasteiger partial charge in [-0.05, 0) is 67.9 Å². The van der Waals surface area contributed by atoms with Crippen molar-refractivity contribution in [1.82, 2.24) is 9.88 Å². The van der Waals surface area contributed by atoms with Crippen LogP contribution in [0.3, 0.4) is 0 Å². The fourth-order valence-electron chi connectivity index (χ4n) is 8.18. The summed E-state index contributed by atoms with van der Waals surface area (Å²) in [4.78, 5) is 68.6. The standard InChI is InChI=1S/C33H30F3N3O8S2/c1-3-46-20-10-14(8-9-19(20)47-12-21(40)37-18-7-5-4-6-17(18)33(34,35)36)22-23-15-11-16(26(23)48-28-27(22)49-32(45)38-28)25-24(15)29(41)39(30(25)42)13(2)31(43)44/h4-10,13,15-16,22-26H,3,11-12H2,1-2H3,(H,37,40)(H,38,45)(H,43,44)/t13?,15?,16?,22-,23?,24?,25?,26?/m1/s1. The molecule has 49 heavy (non-hydrogen) atoms. The summed E-state index contributed by atoms with van der Waals surface area (Å²) < 4.78 is 51.8. The molecule has 0 spiro atoms. The lowest BCUT2D eigenvalue weighted by molar-refractivity contribution is -0.154. The maximum atomic E-state index is 13.7. The quantitative estimate of drug-likeness (QED) is 0.265. The molecule has 2 saturated carbocycles. The highest BCUT2D eigenvalue weighted by molar-refractivity contribution is 8.00. The van der Waals surface area contributed by atoms with E-state index < -0.39 is 65.6 Å². The summed E-state index contributed by atoms with van der Waals surface area (Å²) in [7, 11) is 0. The van der Waals surface area contributed by atoms with Gasteiger partial charge in [0.2, 0.25) is 11.8 Å². The van der Waals surface area contributed by atoms with E-state index in [1.54, 1.807) is 25.1 Å². The molecule has 3 amide bonds. The van der Waals surface area contributed by atoms with Crippen LogP contribution in [-0.2, 0) is 25.4 Å². The Kier molecular flexibility index (Phi) is 8.29. The number of benzene rings is 2. The van der Waals surface area contributed by atoms with E-state index in [1.807, 2.05) is 0 Å². The van der Waals surface area contributed by atoms with Gasteiger partial charge in [0.05, 0.1) is 34.7 Å². The molecule has 4 aliphatic rings. The molecule has 3 fully saturated rings. The molecule has 11 nitrogen and oxygen atoms in total. The van der Waals surface area contributed by atoms with Crippen LogP contribution in [0.25, 0.3) is 0 Å². The summed E-state index contributed by atoms with van der Waals surface area (Å²) in [5.41, 5.74) is -0.633. The third-order valence-corrected chi connectivity index (χ3v) is 12.6. The van der Waals surface area contributed by atoms with Crippen molar-refractivity contribution in [1.29, 1.82) is 0 Å². The maximum absolute atomic E-state index is 13.7. The van der Waals surface area contributed by atoms with E-state index in [0.717, 1.165) is 38.8 Å². The SMILES string of the molecule is CCOc1cc([C@H]2c3sc(=O)[nH]c3SC3C4CC(C5C(=O)N(C(C)C(=O)O)C(=O)C45)C32)ccc1OCC(=O)Nc1ccccc1C(F)(F)F. The van der Waals surface area contributed by atoms with Crippen LogP contribution in [0.1, 0.15) is 42.2 Å². The fraction of sp³-hybridized carbons (Fsp3) is 0.424. The van der Waals surface area contributed by atoms with Crippen molar-refractivity contribution < 1.29 is 46.9 Å². The number of carbonyl (C=O) groups excluding carboxylic acids is 3. The number of ether oxygens (including phenoxy) is 2. The summed E-state index contributed by atoms with van der Waals surface area (Å²) in [6.45, 7) is 2.71. The number of amides is 3. The summed E-state index contributed by atoms with van der Waals surface area (Å²) >= 11 is 2.57. The molecule has 7 unspecified atom stereocenters. The number of nitrogens with one attached hydrogen (secondary N) is 2. The molecule has 2 bridgehead atoms. The second-order valence-corrected chi connectivity index (χ2v) is 14.7. The first-order chi connectivity index (χ1) is 23.3.